The molecule has 1 saturated heterocycles. The van der Waals surface area contributed by atoms with Gasteiger partial charge in [-0.3, -0.25) is 9.78 Å². The van der Waals surface area contributed by atoms with Crippen molar-refractivity contribution in [3.05, 3.63) is 58.9 Å². The summed E-state index contributed by atoms with van der Waals surface area (Å²) in [6.45, 7) is 0.277. The number of aliphatic hydroxyl groups is 1. The van der Waals surface area contributed by atoms with Gasteiger partial charge in [-0.05, 0) is 30.2 Å². The number of pyridine rings is 1. The number of aromatic nitrogens is 1. The third kappa shape index (κ3) is 3.16. The van der Waals surface area contributed by atoms with E-state index in [9.17, 15) is 9.90 Å². The van der Waals surface area contributed by atoms with Crippen LogP contribution in [0.3, 0.4) is 0 Å². The van der Waals surface area contributed by atoms with E-state index in [1.165, 1.54) is 12.4 Å². The van der Waals surface area contributed by atoms with Gasteiger partial charge in [0.2, 0.25) is 0 Å². The lowest BCUT2D eigenvalue weighted by Crippen LogP contribution is -2.32. The number of methoxy groups -OCH3 is 1. The molecule has 0 saturated carbocycles. The van der Waals surface area contributed by atoms with E-state index in [1.807, 2.05) is 24.3 Å². The van der Waals surface area contributed by atoms with Crippen molar-refractivity contribution in [2.24, 2.45) is 0 Å². The molecule has 0 unspecified atom stereocenters. The zero-order valence-corrected chi connectivity index (χ0v) is 13.4. The Balaban J connectivity index is 1.93. The first-order valence-corrected chi connectivity index (χ1v) is 7.70. The van der Waals surface area contributed by atoms with Gasteiger partial charge in [-0.25, -0.2) is 0 Å². The molecule has 2 heterocycles. The van der Waals surface area contributed by atoms with Gasteiger partial charge in [0.1, 0.15) is 5.75 Å². The summed E-state index contributed by atoms with van der Waals surface area (Å²) < 4.78 is 5.25. The van der Waals surface area contributed by atoms with Gasteiger partial charge < -0.3 is 14.7 Å². The molecule has 1 N–H and O–H groups in total. The van der Waals surface area contributed by atoms with Crippen LogP contribution in [-0.2, 0) is 0 Å². The van der Waals surface area contributed by atoms with Gasteiger partial charge in [0, 0.05) is 18.9 Å². The van der Waals surface area contributed by atoms with E-state index in [2.05, 4.69) is 4.98 Å². The molecule has 5 nitrogen and oxygen atoms in total. The summed E-state index contributed by atoms with van der Waals surface area (Å²) in [6.07, 6.45) is 2.91. The molecular weight excluding hydrogens is 316 g/mol. The Hall–Kier alpha value is -2.11. The highest BCUT2D eigenvalue weighted by molar-refractivity contribution is 6.33. The highest BCUT2D eigenvalue weighted by atomic mass is 35.5. The van der Waals surface area contributed by atoms with E-state index in [4.69, 9.17) is 16.3 Å². The number of hydrogen-bond acceptors (Lipinski definition) is 4. The normalized spacial score (nSPS) is 20.6. The molecule has 0 bridgehead atoms. The third-order valence-corrected chi connectivity index (χ3v) is 4.32. The number of halogens is 1. The van der Waals surface area contributed by atoms with E-state index in [-0.39, 0.29) is 18.5 Å². The molecule has 0 spiro atoms. The zero-order valence-electron chi connectivity index (χ0n) is 12.6. The van der Waals surface area contributed by atoms with Gasteiger partial charge in [0.25, 0.3) is 5.91 Å². The molecule has 1 fully saturated rings. The number of carbonyl (C=O) groups excluding carboxylic acids is 1. The number of hydrogen-bond donors (Lipinski definition) is 1. The Labute approximate surface area is 139 Å². The van der Waals surface area contributed by atoms with Crippen LogP contribution in [-0.4, -0.2) is 40.7 Å². The van der Waals surface area contributed by atoms with E-state index in [0.29, 0.717) is 17.0 Å². The summed E-state index contributed by atoms with van der Waals surface area (Å²) >= 11 is 6.08. The molecule has 23 heavy (non-hydrogen) atoms. The van der Waals surface area contributed by atoms with Gasteiger partial charge in [0.15, 0.2) is 0 Å². The lowest BCUT2D eigenvalue weighted by atomic mass is 10.0. The average molecular weight is 333 g/mol. The van der Waals surface area contributed by atoms with Crippen molar-refractivity contribution >= 4 is 17.5 Å². The quantitative estimate of drug-likeness (QED) is 0.938. The Kier molecular flexibility index (Phi) is 4.50. The predicted molar refractivity (Wildman–Crippen MR) is 86.6 cm³/mol. The summed E-state index contributed by atoms with van der Waals surface area (Å²) in [5.74, 6) is 0.514. The molecule has 6 heteroatoms. The monoisotopic (exact) mass is 332 g/mol. The number of β-amino-alcohol motifs (C(OH)–C–C–N with tert-alkyl or cyclic N) is 1. The summed E-state index contributed by atoms with van der Waals surface area (Å²) in [4.78, 5) is 18.4. The second-order valence-corrected chi connectivity index (χ2v) is 5.90. The van der Waals surface area contributed by atoms with Crippen LogP contribution in [0.1, 0.15) is 28.4 Å². The number of nitrogens with zero attached hydrogens (tertiary/aromatic N) is 2. The number of rotatable bonds is 3. The fourth-order valence-corrected chi connectivity index (χ4v) is 3.11. The minimum Gasteiger partial charge on any atom is -0.497 e. The van der Waals surface area contributed by atoms with E-state index < -0.39 is 6.10 Å². The van der Waals surface area contributed by atoms with Crippen molar-refractivity contribution in [1.29, 1.82) is 0 Å². The molecule has 2 aromatic rings. The minimum atomic E-state index is -0.559. The maximum absolute atomic E-state index is 12.8. The molecule has 1 aliphatic rings. The molecule has 1 amide bonds. The third-order valence-electron chi connectivity index (χ3n) is 4.02. The van der Waals surface area contributed by atoms with Crippen molar-refractivity contribution in [2.45, 2.75) is 18.6 Å². The number of ether oxygens (including phenoxy) is 1. The fraction of sp³-hybridized carbons (Fsp3) is 0.294. The van der Waals surface area contributed by atoms with Crippen LogP contribution in [0.2, 0.25) is 5.02 Å². The number of likely N-dealkylation sites (tertiary alicyclic amines) is 1. The second kappa shape index (κ2) is 6.56. The zero-order chi connectivity index (χ0) is 16.4. The van der Waals surface area contributed by atoms with Crippen LogP contribution >= 0.6 is 11.6 Å². The Morgan fingerprint density at radius 3 is 3.00 bits per heavy atom. The molecule has 1 aromatic heterocycles. The SMILES string of the molecule is COc1cccc([C@H]2C[C@@H](O)CN2C(=O)c2ccncc2Cl)c1. The van der Waals surface area contributed by atoms with E-state index in [0.717, 1.165) is 11.3 Å². The van der Waals surface area contributed by atoms with Crippen molar-refractivity contribution in [3.63, 3.8) is 0 Å². The average Bonchev–Trinajstić information content (AvgIpc) is 2.96. The van der Waals surface area contributed by atoms with E-state index in [1.54, 1.807) is 18.1 Å². The minimum absolute atomic E-state index is 0.207. The number of carbonyl (C=O) groups is 1. The second-order valence-electron chi connectivity index (χ2n) is 5.49. The van der Waals surface area contributed by atoms with Crippen LogP contribution in [0.5, 0.6) is 5.75 Å². The van der Waals surface area contributed by atoms with Crippen LogP contribution < -0.4 is 4.74 Å². The van der Waals surface area contributed by atoms with Crippen LogP contribution in [0.25, 0.3) is 0 Å². The topological polar surface area (TPSA) is 62.7 Å². The molecule has 120 valence electrons. The van der Waals surface area contributed by atoms with Crippen LogP contribution in [0, 0.1) is 0 Å². The molecular formula is C17H17ClN2O3. The lowest BCUT2D eigenvalue weighted by molar-refractivity contribution is 0.0715. The summed E-state index contributed by atoms with van der Waals surface area (Å²) in [5, 5.41) is 10.4. The Morgan fingerprint density at radius 2 is 2.26 bits per heavy atom. The first-order chi connectivity index (χ1) is 11.1. The van der Waals surface area contributed by atoms with Gasteiger partial charge >= 0.3 is 0 Å². The van der Waals surface area contributed by atoms with Gasteiger partial charge in [-0.15, -0.1) is 0 Å². The molecule has 0 radical (unpaired) electrons. The predicted octanol–water partition coefficient (Wildman–Crippen LogP) is 2.69. The molecule has 0 aliphatic carbocycles. The van der Waals surface area contributed by atoms with Crippen molar-refractivity contribution < 1.29 is 14.6 Å². The smallest absolute Gasteiger partial charge is 0.256 e. The first kappa shape index (κ1) is 15.8. The number of aliphatic hydroxyl groups excluding tert-OH is 1. The van der Waals surface area contributed by atoms with Gasteiger partial charge in [-0.1, -0.05) is 23.7 Å². The summed E-state index contributed by atoms with van der Waals surface area (Å²) in [5.41, 5.74) is 1.32. The first-order valence-electron chi connectivity index (χ1n) is 7.32. The molecule has 1 aliphatic heterocycles. The Bertz CT molecular complexity index is 722. The summed E-state index contributed by atoms with van der Waals surface area (Å²) in [7, 11) is 1.60. The maximum atomic E-state index is 12.8. The number of benzene rings is 1. The molecule has 2 atom stereocenters. The maximum Gasteiger partial charge on any atom is 0.256 e. The highest BCUT2D eigenvalue weighted by Crippen LogP contribution is 2.35. The highest BCUT2D eigenvalue weighted by Gasteiger charge is 2.36. The van der Waals surface area contributed by atoms with Crippen molar-refractivity contribution in [1.82, 2.24) is 9.88 Å². The van der Waals surface area contributed by atoms with Gasteiger partial charge in [0.05, 0.1) is 29.8 Å². The lowest BCUT2D eigenvalue weighted by Gasteiger charge is -2.25. The fourth-order valence-electron chi connectivity index (χ4n) is 2.91. The summed E-state index contributed by atoms with van der Waals surface area (Å²) in [6, 6.07) is 8.92. The largest absolute Gasteiger partial charge is 0.497 e. The molecule has 3 rings (SSSR count). The number of amides is 1. The van der Waals surface area contributed by atoms with E-state index >= 15 is 0 Å². The van der Waals surface area contributed by atoms with Crippen LogP contribution in [0.15, 0.2) is 42.7 Å². The van der Waals surface area contributed by atoms with Crippen molar-refractivity contribution in [3.8, 4) is 5.75 Å². The Morgan fingerprint density at radius 1 is 1.43 bits per heavy atom. The van der Waals surface area contributed by atoms with Crippen molar-refractivity contribution in [2.75, 3.05) is 13.7 Å². The standard InChI is InChI=1S/C17H17ClN2O3/c1-23-13-4-2-3-11(7-13)16-8-12(21)10-20(16)17(22)14-5-6-19-9-15(14)18/h2-7,9,12,16,21H,8,10H2,1H3/t12-,16-/m1/s1. The van der Waals surface area contributed by atoms with Gasteiger partial charge in [-0.2, -0.15) is 0 Å². The van der Waals surface area contributed by atoms with Crippen LogP contribution in [0.4, 0.5) is 0 Å². The molecule has 1 aromatic carbocycles.